The molecule has 0 unspecified atom stereocenters. The van der Waals surface area contributed by atoms with Crippen molar-refractivity contribution in [3.63, 3.8) is 0 Å². The van der Waals surface area contributed by atoms with Gasteiger partial charge in [-0.15, -0.1) is 0 Å². The Bertz CT molecular complexity index is 854. The summed E-state index contributed by atoms with van der Waals surface area (Å²) in [4.78, 5) is 4.51. The number of halogens is 1. The predicted octanol–water partition coefficient (Wildman–Crippen LogP) is 3.74. The van der Waals surface area contributed by atoms with Gasteiger partial charge in [0.2, 0.25) is 5.88 Å². The van der Waals surface area contributed by atoms with Crippen molar-refractivity contribution in [2.24, 2.45) is 0 Å². The first-order valence-corrected chi connectivity index (χ1v) is 6.97. The maximum Gasteiger partial charge on any atom is 0.215 e. The molecule has 0 amide bonds. The van der Waals surface area contributed by atoms with Crippen molar-refractivity contribution in [2.75, 3.05) is 6.61 Å². The maximum atomic E-state index is 13.5. The average Bonchev–Trinajstić information content (AvgIpc) is 2.82. The fraction of sp³-hybridized carbons (Fsp3) is 0.176. The smallest absolute Gasteiger partial charge is 0.215 e. The highest BCUT2D eigenvalue weighted by atomic mass is 19.1. The van der Waals surface area contributed by atoms with Crippen molar-refractivity contribution in [1.29, 1.82) is 0 Å². The second-order valence-electron chi connectivity index (χ2n) is 5.05. The van der Waals surface area contributed by atoms with E-state index in [1.54, 1.807) is 22.9 Å². The monoisotopic (exact) mass is 297 g/mol. The summed E-state index contributed by atoms with van der Waals surface area (Å²) in [5.74, 6) is 0.192. The minimum absolute atomic E-state index is 0.311. The third-order valence-electron chi connectivity index (χ3n) is 3.39. The molecule has 0 N–H and O–H groups in total. The van der Waals surface area contributed by atoms with Crippen LogP contribution in [0.25, 0.3) is 16.7 Å². The summed E-state index contributed by atoms with van der Waals surface area (Å²) in [5, 5.41) is 5.45. The molecule has 4 nitrogen and oxygen atoms in total. The first-order chi connectivity index (χ1) is 10.6. The number of benzene rings is 1. The Hall–Kier alpha value is -2.69. The molecule has 2 heterocycles. The van der Waals surface area contributed by atoms with Crippen LogP contribution in [0.2, 0.25) is 0 Å². The number of aryl methyl sites for hydroxylation is 2. The molecule has 112 valence electrons. The van der Waals surface area contributed by atoms with E-state index in [2.05, 4.69) is 16.7 Å². The second-order valence-corrected chi connectivity index (χ2v) is 5.05. The Morgan fingerprint density at radius 2 is 2.14 bits per heavy atom. The van der Waals surface area contributed by atoms with E-state index in [9.17, 15) is 4.39 Å². The molecule has 0 atom stereocenters. The Morgan fingerprint density at radius 3 is 2.86 bits per heavy atom. The average molecular weight is 297 g/mol. The quantitative estimate of drug-likeness (QED) is 0.689. The molecule has 5 heteroatoms. The Kier molecular flexibility index (Phi) is 3.63. The number of fused-ring (bicyclic) bond motifs is 1. The SMILES string of the molecule is C=CCOc1cc(C)c2c(C)nn(-c3cccc(F)c3)c2n1. The zero-order valence-electron chi connectivity index (χ0n) is 12.5. The third kappa shape index (κ3) is 2.45. The van der Waals surface area contributed by atoms with E-state index in [-0.39, 0.29) is 5.82 Å². The zero-order valence-corrected chi connectivity index (χ0v) is 12.5. The predicted molar refractivity (Wildman–Crippen MR) is 84.0 cm³/mol. The molecule has 0 saturated heterocycles. The van der Waals surface area contributed by atoms with Crippen LogP contribution in [-0.2, 0) is 0 Å². The molecule has 0 saturated carbocycles. The van der Waals surface area contributed by atoms with Crippen molar-refractivity contribution < 1.29 is 9.13 Å². The van der Waals surface area contributed by atoms with Crippen LogP contribution < -0.4 is 4.74 Å². The van der Waals surface area contributed by atoms with Crippen molar-refractivity contribution in [3.05, 3.63) is 60.1 Å². The molecule has 0 aliphatic heterocycles. The molecule has 0 aliphatic carbocycles. The molecule has 0 bridgehead atoms. The number of aromatic nitrogens is 3. The summed E-state index contributed by atoms with van der Waals surface area (Å²) in [5.41, 5.74) is 3.15. The van der Waals surface area contributed by atoms with Gasteiger partial charge in [-0.3, -0.25) is 0 Å². The van der Waals surface area contributed by atoms with Gasteiger partial charge < -0.3 is 4.74 Å². The summed E-state index contributed by atoms with van der Waals surface area (Å²) in [6.45, 7) is 7.90. The molecular formula is C17H16FN3O. The Labute approximate surface area is 127 Å². The molecule has 0 spiro atoms. The lowest BCUT2D eigenvalue weighted by atomic mass is 10.2. The number of hydrogen-bond acceptors (Lipinski definition) is 3. The van der Waals surface area contributed by atoms with Crippen LogP contribution in [0.4, 0.5) is 4.39 Å². The van der Waals surface area contributed by atoms with Gasteiger partial charge in [-0.25, -0.2) is 9.07 Å². The summed E-state index contributed by atoms with van der Waals surface area (Å²) in [7, 11) is 0. The molecule has 3 aromatic rings. The normalized spacial score (nSPS) is 10.9. The Morgan fingerprint density at radius 1 is 1.32 bits per heavy atom. The van der Waals surface area contributed by atoms with Gasteiger partial charge in [-0.1, -0.05) is 18.7 Å². The van der Waals surface area contributed by atoms with Crippen LogP contribution in [0.15, 0.2) is 43.0 Å². The van der Waals surface area contributed by atoms with Crippen LogP contribution in [-0.4, -0.2) is 21.4 Å². The van der Waals surface area contributed by atoms with Crippen molar-refractivity contribution >= 4 is 11.0 Å². The first kappa shape index (κ1) is 14.3. The number of rotatable bonds is 4. The van der Waals surface area contributed by atoms with Gasteiger partial charge in [0.05, 0.1) is 11.4 Å². The van der Waals surface area contributed by atoms with Crippen LogP contribution in [0.5, 0.6) is 5.88 Å². The lowest BCUT2D eigenvalue weighted by Gasteiger charge is -2.07. The summed E-state index contributed by atoms with van der Waals surface area (Å²) in [6.07, 6.45) is 1.66. The third-order valence-corrected chi connectivity index (χ3v) is 3.39. The number of nitrogens with zero attached hydrogens (tertiary/aromatic N) is 3. The van der Waals surface area contributed by atoms with Gasteiger partial charge >= 0.3 is 0 Å². The highest BCUT2D eigenvalue weighted by Gasteiger charge is 2.15. The standard InChI is InChI=1S/C17H16FN3O/c1-4-8-22-15-9-11(2)16-12(3)20-21(17(16)19-15)14-7-5-6-13(18)10-14/h4-7,9-10H,1,8H2,2-3H3. The van der Waals surface area contributed by atoms with Crippen LogP contribution >= 0.6 is 0 Å². The van der Waals surface area contributed by atoms with E-state index in [0.29, 0.717) is 23.8 Å². The number of pyridine rings is 1. The molecule has 2 aromatic heterocycles. The molecule has 0 radical (unpaired) electrons. The highest BCUT2D eigenvalue weighted by molar-refractivity contribution is 5.83. The fourth-order valence-electron chi connectivity index (χ4n) is 2.48. The highest BCUT2D eigenvalue weighted by Crippen LogP contribution is 2.26. The molecule has 0 aliphatic rings. The Balaban J connectivity index is 2.22. The minimum atomic E-state index is -0.311. The zero-order chi connectivity index (χ0) is 15.7. The second kappa shape index (κ2) is 5.60. The molecular weight excluding hydrogens is 281 g/mol. The van der Waals surface area contributed by atoms with Crippen molar-refractivity contribution in [2.45, 2.75) is 13.8 Å². The van der Waals surface area contributed by atoms with Crippen molar-refractivity contribution in [1.82, 2.24) is 14.8 Å². The first-order valence-electron chi connectivity index (χ1n) is 6.97. The molecule has 3 rings (SSSR count). The lowest BCUT2D eigenvalue weighted by molar-refractivity contribution is 0.349. The maximum absolute atomic E-state index is 13.5. The van der Waals surface area contributed by atoms with E-state index in [1.165, 1.54) is 12.1 Å². The van der Waals surface area contributed by atoms with Gasteiger partial charge in [0.15, 0.2) is 5.65 Å². The van der Waals surface area contributed by atoms with Gasteiger partial charge in [-0.2, -0.15) is 10.1 Å². The van der Waals surface area contributed by atoms with Crippen molar-refractivity contribution in [3.8, 4) is 11.6 Å². The number of ether oxygens (including phenoxy) is 1. The summed E-state index contributed by atoms with van der Waals surface area (Å²) >= 11 is 0. The lowest BCUT2D eigenvalue weighted by Crippen LogP contribution is -2.01. The van der Waals surface area contributed by atoms with E-state index >= 15 is 0 Å². The topological polar surface area (TPSA) is 39.9 Å². The molecule has 1 aromatic carbocycles. The van der Waals surface area contributed by atoms with E-state index in [0.717, 1.165) is 16.6 Å². The molecule has 0 fully saturated rings. The fourth-order valence-corrected chi connectivity index (χ4v) is 2.48. The van der Waals surface area contributed by atoms with Gasteiger partial charge in [0.25, 0.3) is 0 Å². The van der Waals surface area contributed by atoms with E-state index in [4.69, 9.17) is 4.74 Å². The largest absolute Gasteiger partial charge is 0.473 e. The molecule has 22 heavy (non-hydrogen) atoms. The van der Waals surface area contributed by atoms with Gasteiger partial charge in [0.1, 0.15) is 12.4 Å². The van der Waals surface area contributed by atoms with E-state index in [1.807, 2.05) is 19.9 Å². The minimum Gasteiger partial charge on any atom is -0.473 e. The number of hydrogen-bond donors (Lipinski definition) is 0. The summed E-state index contributed by atoms with van der Waals surface area (Å²) < 4.78 is 20.7. The van der Waals surface area contributed by atoms with Crippen LogP contribution in [0, 0.1) is 19.7 Å². The van der Waals surface area contributed by atoms with Crippen LogP contribution in [0.3, 0.4) is 0 Å². The summed E-state index contributed by atoms with van der Waals surface area (Å²) in [6, 6.07) is 8.15. The van der Waals surface area contributed by atoms with Crippen LogP contribution in [0.1, 0.15) is 11.3 Å². The van der Waals surface area contributed by atoms with E-state index < -0.39 is 0 Å². The van der Waals surface area contributed by atoms with Gasteiger partial charge in [-0.05, 0) is 37.6 Å². The van der Waals surface area contributed by atoms with Gasteiger partial charge in [0, 0.05) is 11.5 Å².